The highest BCUT2D eigenvalue weighted by molar-refractivity contribution is 6.34. The molecule has 0 radical (unpaired) electrons. The molecule has 2 heterocycles. The zero-order valence-corrected chi connectivity index (χ0v) is 16.1. The van der Waals surface area contributed by atoms with E-state index in [1.807, 2.05) is 32.0 Å². The van der Waals surface area contributed by atoms with Gasteiger partial charge in [-0.2, -0.15) is 0 Å². The molecule has 0 spiro atoms. The predicted octanol–water partition coefficient (Wildman–Crippen LogP) is 3.43. The summed E-state index contributed by atoms with van der Waals surface area (Å²) in [6, 6.07) is 13.7. The highest BCUT2D eigenvalue weighted by atomic mass is 16.2. The molecule has 1 aliphatic heterocycles. The Morgan fingerprint density at radius 3 is 2.48 bits per heavy atom. The Kier molecular flexibility index (Phi) is 4.68. The van der Waals surface area contributed by atoms with Gasteiger partial charge in [-0.1, -0.05) is 12.1 Å². The highest BCUT2D eigenvalue weighted by Crippen LogP contribution is 2.30. The lowest BCUT2D eigenvalue weighted by Crippen LogP contribution is -2.29. The normalized spacial score (nSPS) is 12.8. The first-order valence-electron chi connectivity index (χ1n) is 9.23. The highest BCUT2D eigenvalue weighted by Gasteiger charge is 2.37. The molecule has 0 atom stereocenters. The number of imide groups is 1. The van der Waals surface area contributed by atoms with Gasteiger partial charge in [-0.25, -0.2) is 4.90 Å². The van der Waals surface area contributed by atoms with Crippen molar-refractivity contribution in [1.29, 1.82) is 0 Å². The second kappa shape index (κ2) is 7.31. The Morgan fingerprint density at radius 1 is 0.966 bits per heavy atom. The first-order chi connectivity index (χ1) is 14.0. The van der Waals surface area contributed by atoms with E-state index >= 15 is 0 Å². The van der Waals surface area contributed by atoms with Crippen LogP contribution in [0.5, 0.6) is 0 Å². The van der Waals surface area contributed by atoms with Gasteiger partial charge in [0.1, 0.15) is 0 Å². The van der Waals surface area contributed by atoms with Crippen molar-refractivity contribution >= 4 is 23.4 Å². The van der Waals surface area contributed by atoms with Crippen LogP contribution in [0.3, 0.4) is 0 Å². The summed E-state index contributed by atoms with van der Waals surface area (Å²) in [5.41, 5.74) is 4.35. The quantitative estimate of drug-likeness (QED) is 0.698. The summed E-state index contributed by atoms with van der Waals surface area (Å²) < 4.78 is 0. The number of aromatic nitrogens is 1. The van der Waals surface area contributed by atoms with Crippen molar-refractivity contribution in [3.8, 4) is 0 Å². The molecule has 3 aromatic rings. The fourth-order valence-corrected chi connectivity index (χ4v) is 3.27. The molecule has 1 aliphatic rings. The Bertz CT molecular complexity index is 1140. The molecule has 0 saturated carbocycles. The van der Waals surface area contributed by atoms with Gasteiger partial charge in [0.05, 0.1) is 16.8 Å². The summed E-state index contributed by atoms with van der Waals surface area (Å²) in [6.07, 6.45) is 3.34. The molecule has 3 amide bonds. The number of carbonyl (C=O) groups excluding carboxylic acids is 3. The number of anilines is 1. The van der Waals surface area contributed by atoms with E-state index in [2.05, 4.69) is 10.3 Å². The van der Waals surface area contributed by atoms with Gasteiger partial charge in [-0.15, -0.1) is 0 Å². The smallest absolute Gasteiger partial charge is 0.266 e. The molecular formula is C23H19N3O3. The van der Waals surface area contributed by atoms with Crippen molar-refractivity contribution in [2.24, 2.45) is 0 Å². The van der Waals surface area contributed by atoms with E-state index in [0.29, 0.717) is 23.4 Å². The molecule has 6 nitrogen and oxygen atoms in total. The van der Waals surface area contributed by atoms with Crippen molar-refractivity contribution in [2.75, 3.05) is 4.90 Å². The summed E-state index contributed by atoms with van der Waals surface area (Å²) in [5, 5.41) is 2.80. The number of fused-ring (bicyclic) bond motifs is 1. The standard InChI is InChI=1S/C23H19N3O3/c1-14-5-7-18(10-15(14)2)26-22(28)19-8-6-17(11-20(19)23(26)29)21(27)25-13-16-4-3-9-24-12-16/h3-12H,13H2,1-2H3,(H,25,27). The van der Waals surface area contributed by atoms with Crippen molar-refractivity contribution < 1.29 is 14.4 Å². The molecule has 1 N–H and O–H groups in total. The fraction of sp³-hybridized carbons (Fsp3) is 0.130. The molecular weight excluding hydrogens is 366 g/mol. The lowest BCUT2D eigenvalue weighted by molar-refractivity contribution is 0.0923. The summed E-state index contributed by atoms with van der Waals surface area (Å²) in [4.78, 5) is 43.4. The molecule has 1 aromatic heterocycles. The van der Waals surface area contributed by atoms with E-state index in [1.54, 1.807) is 30.6 Å². The Morgan fingerprint density at radius 2 is 1.76 bits per heavy atom. The van der Waals surface area contributed by atoms with Crippen molar-refractivity contribution in [3.05, 3.63) is 94.3 Å². The lowest BCUT2D eigenvalue weighted by Gasteiger charge is -2.15. The monoisotopic (exact) mass is 385 g/mol. The van der Waals surface area contributed by atoms with Gasteiger partial charge in [-0.05, 0) is 66.9 Å². The van der Waals surface area contributed by atoms with Crippen LogP contribution in [0.15, 0.2) is 60.9 Å². The molecule has 4 rings (SSSR count). The van der Waals surface area contributed by atoms with Crippen LogP contribution in [-0.2, 0) is 6.54 Å². The minimum Gasteiger partial charge on any atom is -0.348 e. The van der Waals surface area contributed by atoms with E-state index < -0.39 is 5.91 Å². The minimum atomic E-state index is -0.421. The van der Waals surface area contributed by atoms with Gasteiger partial charge < -0.3 is 5.32 Å². The van der Waals surface area contributed by atoms with Crippen LogP contribution in [0.25, 0.3) is 0 Å². The second-order valence-corrected chi connectivity index (χ2v) is 7.02. The van der Waals surface area contributed by atoms with Gasteiger partial charge in [0.15, 0.2) is 0 Å². The van der Waals surface area contributed by atoms with Crippen LogP contribution in [0, 0.1) is 13.8 Å². The zero-order valence-electron chi connectivity index (χ0n) is 16.1. The second-order valence-electron chi connectivity index (χ2n) is 7.02. The van der Waals surface area contributed by atoms with E-state index in [0.717, 1.165) is 21.6 Å². The van der Waals surface area contributed by atoms with Gasteiger partial charge in [0, 0.05) is 24.5 Å². The number of hydrogen-bond acceptors (Lipinski definition) is 4. The number of benzene rings is 2. The average molecular weight is 385 g/mol. The third-order valence-electron chi connectivity index (χ3n) is 5.07. The third-order valence-corrected chi connectivity index (χ3v) is 5.07. The number of rotatable bonds is 4. The van der Waals surface area contributed by atoms with E-state index in [9.17, 15) is 14.4 Å². The number of amides is 3. The van der Waals surface area contributed by atoms with Crippen LogP contribution < -0.4 is 10.2 Å². The fourth-order valence-electron chi connectivity index (χ4n) is 3.27. The maximum absolute atomic E-state index is 12.9. The molecule has 29 heavy (non-hydrogen) atoms. The summed E-state index contributed by atoms with van der Waals surface area (Å²) in [7, 11) is 0. The Hall–Kier alpha value is -3.80. The van der Waals surface area contributed by atoms with E-state index in [-0.39, 0.29) is 17.4 Å². The number of carbonyl (C=O) groups is 3. The molecule has 0 saturated heterocycles. The number of aryl methyl sites for hydroxylation is 2. The average Bonchev–Trinajstić information content (AvgIpc) is 2.99. The summed E-state index contributed by atoms with van der Waals surface area (Å²) in [6.45, 7) is 4.23. The molecule has 6 heteroatoms. The first-order valence-corrected chi connectivity index (χ1v) is 9.23. The van der Waals surface area contributed by atoms with Crippen LogP contribution in [0.1, 0.15) is 47.8 Å². The maximum atomic E-state index is 12.9. The third kappa shape index (κ3) is 3.40. The van der Waals surface area contributed by atoms with Gasteiger partial charge in [0.25, 0.3) is 17.7 Å². The Labute approximate surface area is 168 Å². The molecule has 0 bridgehead atoms. The molecule has 144 valence electrons. The van der Waals surface area contributed by atoms with E-state index in [4.69, 9.17) is 0 Å². The van der Waals surface area contributed by atoms with Crippen molar-refractivity contribution in [1.82, 2.24) is 10.3 Å². The van der Waals surface area contributed by atoms with Crippen LogP contribution in [0.4, 0.5) is 5.69 Å². The number of nitrogens with zero attached hydrogens (tertiary/aromatic N) is 2. The van der Waals surface area contributed by atoms with Crippen LogP contribution in [0.2, 0.25) is 0 Å². The van der Waals surface area contributed by atoms with Gasteiger partial charge >= 0.3 is 0 Å². The number of hydrogen-bond donors (Lipinski definition) is 1. The van der Waals surface area contributed by atoms with Crippen LogP contribution >= 0.6 is 0 Å². The maximum Gasteiger partial charge on any atom is 0.266 e. The summed E-state index contributed by atoms with van der Waals surface area (Å²) in [5.74, 6) is -1.12. The molecule has 0 aliphatic carbocycles. The largest absolute Gasteiger partial charge is 0.348 e. The Balaban J connectivity index is 1.58. The zero-order chi connectivity index (χ0) is 20.5. The van der Waals surface area contributed by atoms with E-state index in [1.165, 1.54) is 12.1 Å². The van der Waals surface area contributed by atoms with Gasteiger partial charge in [-0.3, -0.25) is 19.4 Å². The number of pyridine rings is 1. The van der Waals surface area contributed by atoms with Crippen molar-refractivity contribution in [2.45, 2.75) is 20.4 Å². The molecule has 2 aromatic carbocycles. The lowest BCUT2D eigenvalue weighted by atomic mass is 10.1. The molecule has 0 fully saturated rings. The number of nitrogens with one attached hydrogen (secondary N) is 1. The SMILES string of the molecule is Cc1ccc(N2C(=O)c3ccc(C(=O)NCc4cccnc4)cc3C2=O)cc1C. The van der Waals surface area contributed by atoms with Gasteiger partial charge in [0.2, 0.25) is 0 Å². The molecule has 0 unspecified atom stereocenters. The predicted molar refractivity (Wildman–Crippen MR) is 109 cm³/mol. The summed E-state index contributed by atoms with van der Waals surface area (Å²) >= 11 is 0. The van der Waals surface area contributed by atoms with Crippen molar-refractivity contribution in [3.63, 3.8) is 0 Å². The topological polar surface area (TPSA) is 79.4 Å². The minimum absolute atomic E-state index is 0.238. The first kappa shape index (κ1) is 18.6. The van der Waals surface area contributed by atoms with Crippen LogP contribution in [-0.4, -0.2) is 22.7 Å².